The van der Waals surface area contributed by atoms with Crippen LogP contribution in [0.15, 0.2) is 18.6 Å². The highest BCUT2D eigenvalue weighted by molar-refractivity contribution is 7.11. The van der Waals surface area contributed by atoms with E-state index >= 15 is 0 Å². The molecule has 0 spiro atoms. The predicted molar refractivity (Wildman–Crippen MR) is 89.9 cm³/mol. The second-order valence-corrected chi connectivity index (χ2v) is 7.35. The van der Waals surface area contributed by atoms with Gasteiger partial charge in [0, 0.05) is 62.2 Å². The molecule has 0 bridgehead atoms. The van der Waals surface area contributed by atoms with E-state index in [2.05, 4.69) is 51.3 Å². The smallest absolute Gasteiger partial charge is 0.122 e. The molecule has 0 saturated carbocycles. The Balaban J connectivity index is 1.56. The SMILES string of the molecule is CCn1ccnc1CN1CCN(Cc2cnc(C)s2)C[C@@H]1C. The van der Waals surface area contributed by atoms with Crippen molar-refractivity contribution in [3.05, 3.63) is 34.3 Å². The number of imidazole rings is 1. The summed E-state index contributed by atoms with van der Waals surface area (Å²) in [5, 5.41) is 1.16. The fraction of sp³-hybridized carbons (Fsp3) is 0.625. The Bertz CT molecular complexity index is 605. The van der Waals surface area contributed by atoms with Crippen molar-refractivity contribution in [1.82, 2.24) is 24.3 Å². The summed E-state index contributed by atoms with van der Waals surface area (Å²) in [5.41, 5.74) is 0. The van der Waals surface area contributed by atoms with E-state index in [1.807, 2.05) is 23.7 Å². The van der Waals surface area contributed by atoms with E-state index < -0.39 is 0 Å². The lowest BCUT2D eigenvalue weighted by molar-refractivity contribution is 0.0711. The minimum atomic E-state index is 0.560. The van der Waals surface area contributed by atoms with Gasteiger partial charge in [0.2, 0.25) is 0 Å². The van der Waals surface area contributed by atoms with Gasteiger partial charge in [0.1, 0.15) is 5.82 Å². The molecule has 3 rings (SSSR count). The number of hydrogen-bond acceptors (Lipinski definition) is 5. The molecule has 120 valence electrons. The third-order valence-corrected chi connectivity index (χ3v) is 5.28. The average molecular weight is 319 g/mol. The fourth-order valence-electron chi connectivity index (χ4n) is 3.11. The van der Waals surface area contributed by atoms with Crippen molar-refractivity contribution in [3.8, 4) is 0 Å². The highest BCUT2D eigenvalue weighted by Crippen LogP contribution is 2.18. The van der Waals surface area contributed by atoms with Crippen molar-refractivity contribution < 1.29 is 0 Å². The zero-order valence-corrected chi connectivity index (χ0v) is 14.5. The van der Waals surface area contributed by atoms with Crippen LogP contribution in [0.3, 0.4) is 0 Å². The number of aromatic nitrogens is 3. The van der Waals surface area contributed by atoms with Crippen molar-refractivity contribution >= 4 is 11.3 Å². The molecule has 1 atom stereocenters. The maximum absolute atomic E-state index is 4.51. The fourth-order valence-corrected chi connectivity index (χ4v) is 3.95. The van der Waals surface area contributed by atoms with Crippen molar-refractivity contribution in [1.29, 1.82) is 0 Å². The number of piperazine rings is 1. The molecule has 1 aliphatic rings. The first-order valence-corrected chi connectivity index (χ1v) is 8.85. The van der Waals surface area contributed by atoms with E-state index in [-0.39, 0.29) is 0 Å². The number of thiazole rings is 1. The summed E-state index contributed by atoms with van der Waals surface area (Å²) in [5.74, 6) is 1.18. The number of hydrogen-bond donors (Lipinski definition) is 0. The number of rotatable bonds is 5. The standard InChI is InChI=1S/C16H25N5S/c1-4-20-6-5-17-16(20)12-21-8-7-19(10-13(21)2)11-15-9-18-14(3)22-15/h5-6,9,13H,4,7-8,10-12H2,1-3H3/t13-/m0/s1. The largest absolute Gasteiger partial charge is 0.334 e. The lowest BCUT2D eigenvalue weighted by atomic mass is 10.2. The molecule has 0 unspecified atom stereocenters. The van der Waals surface area contributed by atoms with Crippen LogP contribution in [0.1, 0.15) is 29.6 Å². The molecule has 6 heteroatoms. The van der Waals surface area contributed by atoms with Crippen molar-refractivity contribution in [2.24, 2.45) is 0 Å². The maximum atomic E-state index is 4.51. The molecule has 2 aromatic heterocycles. The summed E-state index contributed by atoms with van der Waals surface area (Å²) in [4.78, 5) is 15.3. The van der Waals surface area contributed by atoms with Gasteiger partial charge in [-0.25, -0.2) is 9.97 Å². The molecule has 0 aromatic carbocycles. The van der Waals surface area contributed by atoms with E-state index in [1.54, 1.807) is 0 Å². The molecule has 22 heavy (non-hydrogen) atoms. The Morgan fingerprint density at radius 1 is 1.27 bits per heavy atom. The molecular weight excluding hydrogens is 294 g/mol. The minimum Gasteiger partial charge on any atom is -0.334 e. The normalized spacial score (nSPS) is 20.6. The summed E-state index contributed by atoms with van der Waals surface area (Å²) in [7, 11) is 0. The van der Waals surface area contributed by atoms with E-state index in [0.29, 0.717) is 6.04 Å². The van der Waals surface area contributed by atoms with E-state index in [4.69, 9.17) is 0 Å². The quantitative estimate of drug-likeness (QED) is 0.848. The topological polar surface area (TPSA) is 37.2 Å². The van der Waals surface area contributed by atoms with E-state index in [1.165, 1.54) is 10.7 Å². The Hall–Kier alpha value is -1.24. The van der Waals surface area contributed by atoms with Gasteiger partial charge < -0.3 is 4.57 Å². The van der Waals surface area contributed by atoms with Crippen LogP contribution in [0, 0.1) is 6.92 Å². The Kier molecular flexibility index (Phi) is 4.90. The van der Waals surface area contributed by atoms with Crippen molar-refractivity contribution in [2.75, 3.05) is 19.6 Å². The molecular formula is C16H25N5S. The predicted octanol–water partition coefficient (Wildman–Crippen LogP) is 2.37. The van der Waals surface area contributed by atoms with Crippen molar-refractivity contribution in [2.45, 2.75) is 46.4 Å². The Morgan fingerprint density at radius 2 is 2.14 bits per heavy atom. The first kappa shape index (κ1) is 15.6. The maximum Gasteiger partial charge on any atom is 0.122 e. The van der Waals surface area contributed by atoms with Gasteiger partial charge in [-0.1, -0.05) is 0 Å². The third-order valence-electron chi connectivity index (χ3n) is 4.38. The Labute approximate surface area is 136 Å². The van der Waals surface area contributed by atoms with Crippen LogP contribution in [0.5, 0.6) is 0 Å². The first-order valence-electron chi connectivity index (χ1n) is 8.03. The lowest BCUT2D eigenvalue weighted by Gasteiger charge is -2.39. The van der Waals surface area contributed by atoms with Gasteiger partial charge in [0.15, 0.2) is 0 Å². The second-order valence-electron chi connectivity index (χ2n) is 6.03. The lowest BCUT2D eigenvalue weighted by Crippen LogP contribution is -2.51. The first-order chi connectivity index (χ1) is 10.7. The van der Waals surface area contributed by atoms with Gasteiger partial charge >= 0.3 is 0 Å². The number of aryl methyl sites for hydroxylation is 2. The second kappa shape index (κ2) is 6.89. The zero-order valence-electron chi connectivity index (χ0n) is 13.7. The average Bonchev–Trinajstić information content (AvgIpc) is 3.10. The van der Waals surface area contributed by atoms with Crippen LogP contribution in [0.2, 0.25) is 0 Å². The molecule has 0 aliphatic carbocycles. The Morgan fingerprint density at radius 3 is 2.82 bits per heavy atom. The van der Waals surface area contributed by atoms with Gasteiger partial charge in [-0.15, -0.1) is 11.3 Å². The van der Waals surface area contributed by atoms with Crippen LogP contribution in [0.4, 0.5) is 0 Å². The summed E-state index contributed by atoms with van der Waals surface area (Å²) < 4.78 is 2.24. The van der Waals surface area contributed by atoms with Crippen LogP contribution in [-0.4, -0.2) is 50.0 Å². The van der Waals surface area contributed by atoms with Gasteiger partial charge in [-0.05, 0) is 20.8 Å². The minimum absolute atomic E-state index is 0.560. The molecule has 1 fully saturated rings. The van der Waals surface area contributed by atoms with Crippen LogP contribution in [-0.2, 0) is 19.6 Å². The van der Waals surface area contributed by atoms with Crippen molar-refractivity contribution in [3.63, 3.8) is 0 Å². The van der Waals surface area contributed by atoms with E-state index in [9.17, 15) is 0 Å². The van der Waals surface area contributed by atoms with Crippen LogP contribution < -0.4 is 0 Å². The molecule has 5 nitrogen and oxygen atoms in total. The van der Waals surface area contributed by atoms with Gasteiger partial charge in [-0.3, -0.25) is 9.80 Å². The highest BCUT2D eigenvalue weighted by Gasteiger charge is 2.25. The summed E-state index contributed by atoms with van der Waals surface area (Å²) >= 11 is 1.81. The van der Waals surface area contributed by atoms with Gasteiger partial charge in [-0.2, -0.15) is 0 Å². The van der Waals surface area contributed by atoms with Gasteiger partial charge in [0.05, 0.1) is 11.6 Å². The third kappa shape index (κ3) is 3.56. The molecule has 3 heterocycles. The molecule has 0 amide bonds. The molecule has 1 saturated heterocycles. The number of nitrogens with zero attached hydrogens (tertiary/aromatic N) is 5. The van der Waals surface area contributed by atoms with Crippen LogP contribution >= 0.6 is 11.3 Å². The zero-order chi connectivity index (χ0) is 15.5. The highest BCUT2D eigenvalue weighted by atomic mass is 32.1. The molecule has 0 radical (unpaired) electrons. The molecule has 2 aromatic rings. The summed E-state index contributed by atoms with van der Waals surface area (Å²) in [6, 6.07) is 0.560. The monoisotopic (exact) mass is 319 g/mol. The van der Waals surface area contributed by atoms with E-state index in [0.717, 1.165) is 44.3 Å². The molecule has 0 N–H and O–H groups in total. The van der Waals surface area contributed by atoms with Crippen LogP contribution in [0.25, 0.3) is 0 Å². The summed E-state index contributed by atoms with van der Waals surface area (Å²) in [6.07, 6.45) is 6.00. The summed E-state index contributed by atoms with van der Waals surface area (Å²) in [6.45, 7) is 12.9. The molecule has 1 aliphatic heterocycles. The van der Waals surface area contributed by atoms with Gasteiger partial charge in [0.25, 0.3) is 0 Å².